The maximum absolute atomic E-state index is 11.3. The lowest BCUT2D eigenvalue weighted by Gasteiger charge is -2.24. The number of benzene rings is 1. The number of hydrazine groups is 1. The molecule has 0 saturated carbocycles. The Kier molecular flexibility index (Phi) is 2.88. The molecule has 0 fully saturated rings. The normalized spacial score (nSPS) is 20.2. The molecule has 88 valence electrons. The van der Waals surface area contributed by atoms with Crippen LogP contribution in [0.25, 0.3) is 0 Å². The standard InChI is InChI=1S/C10H15N3O2S/c11-13-10-3-1-2-7-4-5-8(6-9(7)10)16(12,14)15/h1-3,8,13H,4-6,11H2,(H2,12,14,15). The summed E-state index contributed by atoms with van der Waals surface area (Å²) in [5, 5.41) is 4.69. The van der Waals surface area contributed by atoms with Gasteiger partial charge in [0, 0.05) is 0 Å². The second kappa shape index (κ2) is 4.04. The summed E-state index contributed by atoms with van der Waals surface area (Å²) in [6, 6.07) is 5.74. The maximum Gasteiger partial charge on any atom is 0.212 e. The number of nitrogens with one attached hydrogen (secondary N) is 1. The zero-order chi connectivity index (χ0) is 11.8. The Morgan fingerprint density at radius 2 is 2.12 bits per heavy atom. The Bertz CT molecular complexity index is 485. The number of fused-ring (bicyclic) bond motifs is 1. The molecular weight excluding hydrogens is 226 g/mol. The molecule has 1 aliphatic carbocycles. The van der Waals surface area contributed by atoms with Gasteiger partial charge in [-0.05, 0) is 36.5 Å². The molecule has 2 rings (SSSR count). The summed E-state index contributed by atoms with van der Waals surface area (Å²) in [6.07, 6.45) is 1.75. The molecule has 0 aliphatic heterocycles. The van der Waals surface area contributed by atoms with Crippen LogP contribution in [0.15, 0.2) is 18.2 Å². The van der Waals surface area contributed by atoms with E-state index in [0.29, 0.717) is 12.8 Å². The third kappa shape index (κ3) is 2.04. The minimum atomic E-state index is -3.46. The Balaban J connectivity index is 2.39. The number of anilines is 1. The summed E-state index contributed by atoms with van der Waals surface area (Å²) in [4.78, 5) is 0. The fourth-order valence-electron chi connectivity index (χ4n) is 2.17. The van der Waals surface area contributed by atoms with E-state index in [9.17, 15) is 8.42 Å². The maximum atomic E-state index is 11.3. The second-order valence-corrected chi connectivity index (χ2v) is 5.89. The molecule has 0 saturated heterocycles. The average Bonchev–Trinajstić information content (AvgIpc) is 2.26. The lowest BCUT2D eigenvalue weighted by atomic mass is 9.90. The fourth-order valence-corrected chi connectivity index (χ4v) is 3.02. The second-order valence-electron chi connectivity index (χ2n) is 4.04. The van der Waals surface area contributed by atoms with Gasteiger partial charge >= 0.3 is 0 Å². The molecule has 1 unspecified atom stereocenters. The molecule has 1 aromatic rings. The molecule has 0 bridgehead atoms. The van der Waals surface area contributed by atoms with Gasteiger partial charge in [0.2, 0.25) is 10.0 Å². The minimum absolute atomic E-state index is 0.439. The Labute approximate surface area is 94.8 Å². The number of aryl methyl sites for hydroxylation is 1. The largest absolute Gasteiger partial charge is 0.324 e. The van der Waals surface area contributed by atoms with E-state index in [1.807, 2.05) is 18.2 Å². The quantitative estimate of drug-likeness (QED) is 0.506. The van der Waals surface area contributed by atoms with Crippen molar-refractivity contribution in [2.45, 2.75) is 24.5 Å². The molecule has 1 aliphatic rings. The van der Waals surface area contributed by atoms with E-state index >= 15 is 0 Å². The number of nitrogens with two attached hydrogens (primary N) is 2. The molecule has 0 aromatic heterocycles. The molecule has 6 heteroatoms. The average molecular weight is 241 g/mol. The van der Waals surface area contributed by atoms with Crippen molar-refractivity contribution in [3.05, 3.63) is 29.3 Å². The van der Waals surface area contributed by atoms with Crippen LogP contribution in [0.4, 0.5) is 5.69 Å². The third-order valence-corrected chi connectivity index (χ3v) is 4.39. The summed E-state index contributed by atoms with van der Waals surface area (Å²) < 4.78 is 22.6. The van der Waals surface area contributed by atoms with Crippen LogP contribution in [0.3, 0.4) is 0 Å². The molecular formula is C10H15N3O2S. The topological polar surface area (TPSA) is 98.2 Å². The number of hydrogen-bond donors (Lipinski definition) is 3. The van der Waals surface area contributed by atoms with Gasteiger partial charge in [0.1, 0.15) is 0 Å². The molecule has 1 aromatic carbocycles. The van der Waals surface area contributed by atoms with Crippen molar-refractivity contribution in [3.63, 3.8) is 0 Å². The summed E-state index contributed by atoms with van der Waals surface area (Å²) in [6.45, 7) is 0. The third-order valence-electron chi connectivity index (χ3n) is 3.06. The lowest BCUT2D eigenvalue weighted by Crippen LogP contribution is -2.34. The Hall–Kier alpha value is -1.11. The number of sulfonamides is 1. The smallest absolute Gasteiger partial charge is 0.212 e. The number of hydrogen-bond acceptors (Lipinski definition) is 4. The number of nitrogen functional groups attached to an aromatic ring is 1. The number of rotatable bonds is 2. The molecule has 0 spiro atoms. The number of primary sulfonamides is 1. The lowest BCUT2D eigenvalue weighted by molar-refractivity contribution is 0.563. The van der Waals surface area contributed by atoms with E-state index in [1.54, 1.807) is 0 Å². The first-order valence-electron chi connectivity index (χ1n) is 5.11. The predicted molar refractivity (Wildman–Crippen MR) is 63.2 cm³/mol. The highest BCUT2D eigenvalue weighted by atomic mass is 32.2. The van der Waals surface area contributed by atoms with Gasteiger partial charge in [-0.2, -0.15) is 0 Å². The summed E-state index contributed by atoms with van der Waals surface area (Å²) in [5.41, 5.74) is 5.49. The van der Waals surface area contributed by atoms with Gasteiger partial charge in [-0.15, -0.1) is 0 Å². The van der Waals surface area contributed by atoms with Gasteiger partial charge in [-0.1, -0.05) is 12.1 Å². The molecule has 16 heavy (non-hydrogen) atoms. The van der Waals surface area contributed by atoms with Crippen LogP contribution in [0, 0.1) is 0 Å². The van der Waals surface area contributed by atoms with Gasteiger partial charge in [0.15, 0.2) is 0 Å². The zero-order valence-electron chi connectivity index (χ0n) is 8.81. The highest BCUT2D eigenvalue weighted by Crippen LogP contribution is 2.29. The predicted octanol–water partition coefficient (Wildman–Crippen LogP) is 0.118. The first-order valence-corrected chi connectivity index (χ1v) is 6.72. The van der Waals surface area contributed by atoms with Crippen LogP contribution in [0.5, 0.6) is 0 Å². The Morgan fingerprint density at radius 3 is 2.75 bits per heavy atom. The van der Waals surface area contributed by atoms with E-state index in [4.69, 9.17) is 11.0 Å². The van der Waals surface area contributed by atoms with E-state index in [0.717, 1.165) is 23.2 Å². The van der Waals surface area contributed by atoms with Gasteiger partial charge < -0.3 is 5.43 Å². The van der Waals surface area contributed by atoms with Crippen LogP contribution >= 0.6 is 0 Å². The minimum Gasteiger partial charge on any atom is -0.324 e. The van der Waals surface area contributed by atoms with E-state index in [2.05, 4.69) is 5.43 Å². The molecule has 5 N–H and O–H groups in total. The highest BCUT2D eigenvalue weighted by Gasteiger charge is 2.28. The SMILES string of the molecule is NNc1cccc2c1CC(S(N)(=O)=O)CC2. The summed E-state index contributed by atoms with van der Waals surface area (Å²) >= 11 is 0. The highest BCUT2D eigenvalue weighted by molar-refractivity contribution is 7.89. The van der Waals surface area contributed by atoms with Crippen LogP contribution in [-0.2, 0) is 22.9 Å². The van der Waals surface area contributed by atoms with Crippen molar-refractivity contribution < 1.29 is 8.42 Å². The summed E-state index contributed by atoms with van der Waals surface area (Å²) in [5.74, 6) is 5.40. The first-order chi connectivity index (χ1) is 7.52. The molecule has 1 atom stereocenters. The first kappa shape index (κ1) is 11.4. The van der Waals surface area contributed by atoms with Crippen LogP contribution in [0.1, 0.15) is 17.5 Å². The van der Waals surface area contributed by atoms with E-state index in [-0.39, 0.29) is 0 Å². The van der Waals surface area contributed by atoms with Crippen molar-refractivity contribution in [1.29, 1.82) is 0 Å². The van der Waals surface area contributed by atoms with Gasteiger partial charge in [0.05, 0.1) is 10.9 Å². The monoisotopic (exact) mass is 241 g/mol. The fraction of sp³-hybridized carbons (Fsp3) is 0.400. The van der Waals surface area contributed by atoms with Crippen molar-refractivity contribution in [2.75, 3.05) is 5.43 Å². The van der Waals surface area contributed by atoms with Crippen molar-refractivity contribution in [3.8, 4) is 0 Å². The van der Waals surface area contributed by atoms with Crippen molar-refractivity contribution in [1.82, 2.24) is 0 Å². The summed E-state index contributed by atoms with van der Waals surface area (Å²) in [7, 11) is -3.46. The molecule has 0 heterocycles. The molecule has 5 nitrogen and oxygen atoms in total. The van der Waals surface area contributed by atoms with E-state index in [1.165, 1.54) is 0 Å². The van der Waals surface area contributed by atoms with E-state index < -0.39 is 15.3 Å². The molecule has 0 amide bonds. The van der Waals surface area contributed by atoms with Gasteiger partial charge in [0.25, 0.3) is 0 Å². The zero-order valence-corrected chi connectivity index (χ0v) is 9.63. The van der Waals surface area contributed by atoms with Crippen molar-refractivity contribution in [2.24, 2.45) is 11.0 Å². The van der Waals surface area contributed by atoms with Crippen LogP contribution < -0.4 is 16.4 Å². The van der Waals surface area contributed by atoms with Crippen LogP contribution in [-0.4, -0.2) is 13.7 Å². The van der Waals surface area contributed by atoms with Crippen LogP contribution in [0.2, 0.25) is 0 Å². The Morgan fingerprint density at radius 1 is 1.38 bits per heavy atom. The van der Waals surface area contributed by atoms with Gasteiger partial charge in [-0.25, -0.2) is 13.6 Å². The molecule has 0 radical (unpaired) electrons. The van der Waals surface area contributed by atoms with Gasteiger partial charge in [-0.3, -0.25) is 5.84 Å². The van der Waals surface area contributed by atoms with Crippen molar-refractivity contribution >= 4 is 15.7 Å².